The number of nitrogens with one attached hydrogen (secondary N) is 1. The second-order valence-corrected chi connectivity index (χ2v) is 3.71. The first-order valence-electron chi connectivity index (χ1n) is 5.25. The van der Waals surface area contributed by atoms with Crippen molar-refractivity contribution < 1.29 is 14.4 Å². The maximum Gasteiger partial charge on any atom is 0.225 e. The summed E-state index contributed by atoms with van der Waals surface area (Å²) in [5.41, 5.74) is 0.714. The smallest absolute Gasteiger partial charge is 0.225 e. The zero-order valence-corrected chi connectivity index (χ0v) is 9.45. The van der Waals surface area contributed by atoms with Gasteiger partial charge in [0.15, 0.2) is 0 Å². The van der Waals surface area contributed by atoms with Gasteiger partial charge >= 0.3 is 0 Å². The molecule has 0 aromatic carbocycles. The largest absolute Gasteiger partial charge is 0.307 e. The van der Waals surface area contributed by atoms with Crippen molar-refractivity contribution >= 4 is 17.3 Å². The van der Waals surface area contributed by atoms with Crippen molar-refractivity contribution in [3.63, 3.8) is 0 Å². The van der Waals surface area contributed by atoms with Crippen molar-refractivity contribution in [3.05, 3.63) is 23.8 Å². The van der Waals surface area contributed by atoms with Crippen molar-refractivity contribution in [1.29, 1.82) is 0 Å². The molecule has 1 unspecified atom stereocenters. The Bertz CT molecular complexity index is 380. The lowest BCUT2D eigenvalue weighted by Gasteiger charge is -2.15. The van der Waals surface area contributed by atoms with Gasteiger partial charge in [-0.25, -0.2) is 0 Å². The summed E-state index contributed by atoms with van der Waals surface area (Å²) >= 11 is 0. The van der Waals surface area contributed by atoms with Crippen molar-refractivity contribution in [2.75, 3.05) is 6.54 Å². The van der Waals surface area contributed by atoms with Crippen molar-refractivity contribution in [2.45, 2.75) is 26.3 Å². The standard InChI is InChI=1S/C12H15NO3/c1-3-13-10(8(2)14)6-9-4-5-11(15)12(16)7-9/h4-5,7,10,13H,3,6H2,1-2H3. The van der Waals surface area contributed by atoms with Gasteiger partial charge in [-0.05, 0) is 37.6 Å². The van der Waals surface area contributed by atoms with Gasteiger partial charge in [0, 0.05) is 0 Å². The quantitative estimate of drug-likeness (QED) is 0.545. The summed E-state index contributed by atoms with van der Waals surface area (Å²) in [6, 6.07) is -0.290. The fourth-order valence-electron chi connectivity index (χ4n) is 1.52. The molecule has 1 aliphatic carbocycles. The van der Waals surface area contributed by atoms with Crippen LogP contribution in [0.1, 0.15) is 20.3 Å². The molecule has 0 radical (unpaired) electrons. The molecule has 0 fully saturated rings. The Balaban J connectivity index is 2.69. The van der Waals surface area contributed by atoms with Crippen LogP contribution in [0.25, 0.3) is 0 Å². The Labute approximate surface area is 94.4 Å². The second kappa shape index (κ2) is 5.51. The summed E-state index contributed by atoms with van der Waals surface area (Å²) in [6.07, 6.45) is 4.59. The number of hydrogen-bond donors (Lipinski definition) is 1. The number of allylic oxidation sites excluding steroid dienone is 3. The van der Waals surface area contributed by atoms with E-state index in [-0.39, 0.29) is 11.8 Å². The number of Topliss-reactive ketones (excluding diaryl/α,β-unsaturated/α-hetero) is 1. The molecule has 4 nitrogen and oxygen atoms in total. The van der Waals surface area contributed by atoms with E-state index in [1.807, 2.05) is 6.92 Å². The predicted molar refractivity (Wildman–Crippen MR) is 60.0 cm³/mol. The molecule has 0 amide bonds. The zero-order chi connectivity index (χ0) is 12.1. The molecule has 1 rings (SSSR count). The number of carbonyl (C=O) groups excluding carboxylic acids is 3. The van der Waals surface area contributed by atoms with Gasteiger partial charge in [0.2, 0.25) is 11.6 Å². The van der Waals surface area contributed by atoms with Gasteiger partial charge in [0.25, 0.3) is 0 Å². The van der Waals surface area contributed by atoms with Crippen molar-refractivity contribution in [1.82, 2.24) is 5.32 Å². The first-order chi connectivity index (χ1) is 7.54. The van der Waals surface area contributed by atoms with Crippen LogP contribution in [0.15, 0.2) is 23.8 Å². The Morgan fingerprint density at radius 2 is 2.00 bits per heavy atom. The molecule has 0 heterocycles. The lowest BCUT2D eigenvalue weighted by Crippen LogP contribution is -2.35. The third kappa shape index (κ3) is 3.24. The average Bonchev–Trinajstić information content (AvgIpc) is 2.22. The molecule has 0 saturated heterocycles. The second-order valence-electron chi connectivity index (χ2n) is 3.71. The SMILES string of the molecule is CCNC(CC1=CC(=O)C(=O)C=C1)C(C)=O. The number of rotatable bonds is 5. The van der Waals surface area contributed by atoms with E-state index in [0.29, 0.717) is 18.5 Å². The lowest BCUT2D eigenvalue weighted by atomic mass is 9.97. The molecule has 86 valence electrons. The van der Waals surface area contributed by atoms with Gasteiger partial charge in [-0.15, -0.1) is 0 Å². The number of ketones is 3. The third-order valence-corrected chi connectivity index (χ3v) is 2.39. The highest BCUT2D eigenvalue weighted by Gasteiger charge is 2.18. The summed E-state index contributed by atoms with van der Waals surface area (Å²) in [4.78, 5) is 33.3. The van der Waals surface area contributed by atoms with Gasteiger partial charge < -0.3 is 5.32 Å². The zero-order valence-electron chi connectivity index (χ0n) is 9.45. The van der Waals surface area contributed by atoms with E-state index in [2.05, 4.69) is 5.32 Å². The summed E-state index contributed by atoms with van der Waals surface area (Å²) < 4.78 is 0. The Kier molecular flexibility index (Phi) is 4.31. The van der Waals surface area contributed by atoms with Crippen LogP contribution in [-0.4, -0.2) is 29.9 Å². The summed E-state index contributed by atoms with van der Waals surface area (Å²) in [5, 5.41) is 3.03. The fraction of sp³-hybridized carbons (Fsp3) is 0.417. The number of likely N-dealkylation sites (N-methyl/N-ethyl adjacent to an activating group) is 1. The number of hydrogen-bond acceptors (Lipinski definition) is 4. The van der Waals surface area contributed by atoms with Gasteiger partial charge in [-0.1, -0.05) is 13.0 Å². The average molecular weight is 221 g/mol. The topological polar surface area (TPSA) is 63.2 Å². The monoisotopic (exact) mass is 221 g/mol. The highest BCUT2D eigenvalue weighted by atomic mass is 16.2. The van der Waals surface area contributed by atoms with Crippen LogP contribution in [0, 0.1) is 0 Å². The summed E-state index contributed by atoms with van der Waals surface area (Å²) in [5.74, 6) is -0.997. The highest BCUT2D eigenvalue weighted by molar-refractivity contribution is 6.46. The Hall–Kier alpha value is -1.55. The molecule has 4 heteroatoms. The molecule has 0 aliphatic heterocycles. The van der Waals surface area contributed by atoms with Crippen LogP contribution >= 0.6 is 0 Å². The molecular formula is C12H15NO3. The Morgan fingerprint density at radius 1 is 1.31 bits per heavy atom. The molecule has 0 saturated carbocycles. The van der Waals surface area contributed by atoms with Crippen molar-refractivity contribution in [2.24, 2.45) is 0 Å². The van der Waals surface area contributed by atoms with Gasteiger partial charge in [-0.3, -0.25) is 14.4 Å². The van der Waals surface area contributed by atoms with E-state index in [1.54, 1.807) is 6.08 Å². The minimum absolute atomic E-state index is 0.0282. The number of carbonyl (C=O) groups is 3. The van der Waals surface area contributed by atoms with Crippen molar-refractivity contribution in [3.8, 4) is 0 Å². The van der Waals surface area contributed by atoms with Crippen LogP contribution in [0.5, 0.6) is 0 Å². The maximum absolute atomic E-state index is 11.3. The first-order valence-corrected chi connectivity index (χ1v) is 5.25. The molecule has 1 atom stereocenters. The maximum atomic E-state index is 11.3. The highest BCUT2D eigenvalue weighted by Crippen LogP contribution is 2.12. The van der Waals surface area contributed by atoms with Gasteiger partial charge in [0.05, 0.1) is 6.04 Å². The molecule has 1 aliphatic rings. The fourth-order valence-corrected chi connectivity index (χ4v) is 1.52. The molecule has 0 spiro atoms. The van der Waals surface area contributed by atoms with Gasteiger partial charge in [-0.2, -0.15) is 0 Å². The first kappa shape index (κ1) is 12.5. The summed E-state index contributed by atoms with van der Waals surface area (Å²) in [6.45, 7) is 4.11. The van der Waals surface area contributed by atoms with Crippen LogP contribution < -0.4 is 5.32 Å². The lowest BCUT2D eigenvalue weighted by molar-refractivity contribution is -0.131. The van der Waals surface area contributed by atoms with E-state index in [1.165, 1.54) is 19.1 Å². The minimum Gasteiger partial charge on any atom is -0.307 e. The van der Waals surface area contributed by atoms with Crippen LogP contribution in [0.2, 0.25) is 0 Å². The third-order valence-electron chi connectivity index (χ3n) is 2.39. The normalized spacial score (nSPS) is 17.2. The van der Waals surface area contributed by atoms with E-state index in [9.17, 15) is 14.4 Å². The summed E-state index contributed by atoms with van der Waals surface area (Å²) in [7, 11) is 0. The van der Waals surface area contributed by atoms with Gasteiger partial charge in [0.1, 0.15) is 5.78 Å². The molecule has 16 heavy (non-hydrogen) atoms. The van der Waals surface area contributed by atoms with Crippen LogP contribution in [0.4, 0.5) is 0 Å². The molecule has 0 aromatic rings. The van der Waals surface area contributed by atoms with E-state index >= 15 is 0 Å². The van der Waals surface area contributed by atoms with E-state index in [4.69, 9.17) is 0 Å². The Morgan fingerprint density at radius 3 is 2.50 bits per heavy atom. The van der Waals surface area contributed by atoms with E-state index in [0.717, 1.165) is 0 Å². The predicted octanol–water partition coefficient (Wildman–Crippen LogP) is 0.578. The molecule has 1 N–H and O–H groups in total. The molecule has 0 bridgehead atoms. The van der Waals surface area contributed by atoms with Crippen LogP contribution in [0.3, 0.4) is 0 Å². The van der Waals surface area contributed by atoms with Crippen LogP contribution in [-0.2, 0) is 14.4 Å². The molecular weight excluding hydrogens is 206 g/mol. The molecule has 0 aromatic heterocycles. The minimum atomic E-state index is -0.517. The van der Waals surface area contributed by atoms with E-state index < -0.39 is 11.6 Å².